The number of ether oxygens (including phenoxy) is 1. The lowest BCUT2D eigenvalue weighted by Crippen LogP contribution is -1.97. The van der Waals surface area contributed by atoms with E-state index in [1.807, 2.05) is 0 Å². The van der Waals surface area contributed by atoms with Crippen molar-refractivity contribution in [3.63, 3.8) is 0 Å². The Bertz CT molecular complexity index is 599. The number of alkyl halides is 1. The molecule has 0 aliphatic carbocycles. The Hall–Kier alpha value is -1.42. The smallest absolute Gasteiger partial charge is 0.165 e. The number of hydrogen-bond donors (Lipinski definition) is 0. The van der Waals surface area contributed by atoms with Gasteiger partial charge in [0.05, 0.1) is 11.9 Å². The topological polar surface area (TPSA) is 9.23 Å². The molecule has 0 saturated heterocycles. The van der Waals surface area contributed by atoms with Gasteiger partial charge in [-0.3, -0.25) is 0 Å². The van der Waals surface area contributed by atoms with E-state index in [1.165, 1.54) is 19.2 Å². The lowest BCUT2D eigenvalue weighted by atomic mass is 10.0. The molecular weight excluding hydrogens is 314 g/mol. The largest absolute Gasteiger partial charge is 0.494 e. The zero-order valence-corrected chi connectivity index (χ0v) is 12.2. The Kier molecular flexibility index (Phi) is 4.20. The summed E-state index contributed by atoms with van der Waals surface area (Å²) >= 11 is 3.50. The molecule has 0 aliphatic rings. The van der Waals surface area contributed by atoms with E-state index in [0.29, 0.717) is 5.56 Å². The van der Waals surface area contributed by atoms with Crippen LogP contribution in [0.25, 0.3) is 0 Å². The molecule has 0 heterocycles. The molecule has 0 spiro atoms. The summed E-state index contributed by atoms with van der Waals surface area (Å²) in [6.07, 6.45) is 0. The van der Waals surface area contributed by atoms with E-state index in [0.717, 1.165) is 11.1 Å². The Balaban J connectivity index is 2.35. The van der Waals surface area contributed by atoms with Gasteiger partial charge in [0.15, 0.2) is 11.6 Å². The van der Waals surface area contributed by atoms with Gasteiger partial charge in [0.1, 0.15) is 5.82 Å². The summed E-state index contributed by atoms with van der Waals surface area (Å²) in [5.74, 6) is -0.452. The van der Waals surface area contributed by atoms with E-state index < -0.39 is 5.82 Å². The highest BCUT2D eigenvalue weighted by Crippen LogP contribution is 2.33. The minimum absolute atomic E-state index is 0.188. The average Bonchev–Trinajstić information content (AvgIpc) is 2.41. The number of aryl methyl sites for hydroxylation is 1. The molecule has 100 valence electrons. The van der Waals surface area contributed by atoms with Crippen molar-refractivity contribution in [1.82, 2.24) is 0 Å². The Labute approximate surface area is 119 Å². The molecule has 2 rings (SSSR count). The maximum atomic E-state index is 13.7. The molecule has 1 nitrogen and oxygen atoms in total. The Morgan fingerprint density at radius 1 is 1.00 bits per heavy atom. The molecule has 1 unspecified atom stereocenters. The molecular formula is C15H13BrF2O. The van der Waals surface area contributed by atoms with Gasteiger partial charge in [-0.25, -0.2) is 8.78 Å². The van der Waals surface area contributed by atoms with E-state index in [-0.39, 0.29) is 16.4 Å². The van der Waals surface area contributed by atoms with E-state index >= 15 is 0 Å². The highest BCUT2D eigenvalue weighted by Gasteiger charge is 2.14. The summed E-state index contributed by atoms with van der Waals surface area (Å²) in [5, 5.41) is 0. The van der Waals surface area contributed by atoms with Gasteiger partial charge in [-0.05, 0) is 41.8 Å². The van der Waals surface area contributed by atoms with Gasteiger partial charge in [0.25, 0.3) is 0 Å². The Morgan fingerprint density at radius 3 is 2.21 bits per heavy atom. The standard InChI is InChI=1S/C15H13BrF2O/c1-9-7-10(3-5-12(9)17)15(16)11-4-6-14(19-2)13(18)8-11/h3-8,15H,1-2H3. The zero-order valence-electron chi connectivity index (χ0n) is 10.6. The van der Waals surface area contributed by atoms with Crippen molar-refractivity contribution in [2.24, 2.45) is 0 Å². The van der Waals surface area contributed by atoms with Gasteiger partial charge in [0, 0.05) is 0 Å². The van der Waals surface area contributed by atoms with Crippen LogP contribution in [0.15, 0.2) is 36.4 Å². The van der Waals surface area contributed by atoms with Crippen LogP contribution >= 0.6 is 15.9 Å². The molecule has 0 N–H and O–H groups in total. The third-order valence-electron chi connectivity index (χ3n) is 2.94. The van der Waals surface area contributed by atoms with Gasteiger partial charge in [-0.15, -0.1) is 0 Å². The molecule has 0 aliphatic heterocycles. The third-order valence-corrected chi connectivity index (χ3v) is 4.00. The van der Waals surface area contributed by atoms with Crippen LogP contribution in [0.4, 0.5) is 8.78 Å². The second kappa shape index (κ2) is 5.70. The second-order valence-electron chi connectivity index (χ2n) is 4.27. The molecule has 2 aromatic carbocycles. The highest BCUT2D eigenvalue weighted by atomic mass is 79.9. The number of halogens is 3. The van der Waals surface area contributed by atoms with Crippen LogP contribution in [0.3, 0.4) is 0 Å². The van der Waals surface area contributed by atoms with Crippen molar-refractivity contribution in [2.45, 2.75) is 11.8 Å². The molecule has 4 heteroatoms. The van der Waals surface area contributed by atoms with Gasteiger partial charge in [-0.1, -0.05) is 34.1 Å². The fourth-order valence-corrected chi connectivity index (χ4v) is 2.43. The van der Waals surface area contributed by atoms with E-state index in [4.69, 9.17) is 4.74 Å². The van der Waals surface area contributed by atoms with Gasteiger partial charge in [0.2, 0.25) is 0 Å². The SMILES string of the molecule is COc1ccc(C(Br)c2ccc(F)c(C)c2)cc1F. The summed E-state index contributed by atoms with van der Waals surface area (Å²) in [5.41, 5.74) is 2.20. The van der Waals surface area contributed by atoms with Crippen LogP contribution in [0, 0.1) is 18.6 Å². The second-order valence-corrected chi connectivity index (χ2v) is 5.18. The minimum Gasteiger partial charge on any atom is -0.494 e. The molecule has 0 radical (unpaired) electrons. The molecule has 19 heavy (non-hydrogen) atoms. The van der Waals surface area contributed by atoms with Crippen molar-refractivity contribution < 1.29 is 13.5 Å². The van der Waals surface area contributed by atoms with E-state index in [1.54, 1.807) is 31.2 Å². The molecule has 0 saturated carbocycles. The maximum absolute atomic E-state index is 13.7. The first-order chi connectivity index (χ1) is 9.02. The van der Waals surface area contributed by atoms with Gasteiger partial charge in [-0.2, -0.15) is 0 Å². The monoisotopic (exact) mass is 326 g/mol. The van der Waals surface area contributed by atoms with Crippen LogP contribution < -0.4 is 4.74 Å². The predicted octanol–water partition coefficient (Wildman–Crippen LogP) is 4.77. The molecule has 0 aromatic heterocycles. The van der Waals surface area contributed by atoms with E-state index in [2.05, 4.69) is 15.9 Å². The van der Waals surface area contributed by atoms with Crippen molar-refractivity contribution in [3.8, 4) is 5.75 Å². The van der Waals surface area contributed by atoms with Crippen LogP contribution in [-0.2, 0) is 0 Å². The lowest BCUT2D eigenvalue weighted by Gasteiger charge is -2.13. The van der Waals surface area contributed by atoms with Crippen molar-refractivity contribution in [1.29, 1.82) is 0 Å². The van der Waals surface area contributed by atoms with Gasteiger partial charge >= 0.3 is 0 Å². The average molecular weight is 327 g/mol. The molecule has 2 aromatic rings. The first kappa shape index (κ1) is 14.0. The minimum atomic E-state index is -0.414. The highest BCUT2D eigenvalue weighted by molar-refractivity contribution is 9.09. The third kappa shape index (κ3) is 2.95. The summed E-state index contributed by atoms with van der Waals surface area (Å²) in [4.78, 5) is -0.188. The first-order valence-corrected chi connectivity index (χ1v) is 6.68. The van der Waals surface area contributed by atoms with Gasteiger partial charge < -0.3 is 4.74 Å². The lowest BCUT2D eigenvalue weighted by molar-refractivity contribution is 0.386. The number of rotatable bonds is 3. The number of methoxy groups -OCH3 is 1. The molecule has 1 atom stereocenters. The zero-order chi connectivity index (χ0) is 14.0. The fraction of sp³-hybridized carbons (Fsp3) is 0.200. The molecule has 0 bridgehead atoms. The predicted molar refractivity (Wildman–Crippen MR) is 74.9 cm³/mol. The summed E-state index contributed by atoms with van der Waals surface area (Å²) < 4.78 is 31.8. The summed E-state index contributed by atoms with van der Waals surface area (Å²) in [6, 6.07) is 9.62. The quantitative estimate of drug-likeness (QED) is 0.738. The number of benzene rings is 2. The van der Waals surface area contributed by atoms with Crippen LogP contribution in [0.2, 0.25) is 0 Å². The first-order valence-electron chi connectivity index (χ1n) is 5.76. The number of hydrogen-bond acceptors (Lipinski definition) is 1. The van der Waals surface area contributed by atoms with Crippen LogP contribution in [-0.4, -0.2) is 7.11 Å². The van der Waals surface area contributed by atoms with E-state index in [9.17, 15) is 8.78 Å². The van der Waals surface area contributed by atoms with Crippen molar-refractivity contribution in [2.75, 3.05) is 7.11 Å². The summed E-state index contributed by atoms with van der Waals surface area (Å²) in [7, 11) is 1.42. The van der Waals surface area contributed by atoms with Crippen molar-refractivity contribution in [3.05, 3.63) is 64.7 Å². The fourth-order valence-electron chi connectivity index (χ4n) is 1.86. The maximum Gasteiger partial charge on any atom is 0.165 e. The van der Waals surface area contributed by atoms with Crippen LogP contribution in [0.5, 0.6) is 5.75 Å². The molecule has 0 fully saturated rings. The Morgan fingerprint density at radius 2 is 1.63 bits per heavy atom. The normalized spacial score (nSPS) is 12.3. The summed E-state index contributed by atoms with van der Waals surface area (Å²) in [6.45, 7) is 1.70. The molecule has 0 amide bonds. The van der Waals surface area contributed by atoms with Crippen LogP contribution in [0.1, 0.15) is 21.5 Å². The van der Waals surface area contributed by atoms with Crippen molar-refractivity contribution >= 4 is 15.9 Å².